The van der Waals surface area contributed by atoms with Crippen LogP contribution >= 0.6 is 11.3 Å². The second kappa shape index (κ2) is 3.63. The van der Waals surface area contributed by atoms with E-state index in [0.29, 0.717) is 5.71 Å². The summed E-state index contributed by atoms with van der Waals surface area (Å²) in [5.74, 6) is 0.238. The molecule has 2 nitrogen and oxygen atoms in total. The highest BCUT2D eigenvalue weighted by atomic mass is 32.1. The molecule has 0 fully saturated rings. The molecule has 0 aliphatic rings. The Labute approximate surface area is 76.3 Å². The van der Waals surface area contributed by atoms with E-state index in [-0.39, 0.29) is 5.92 Å². The van der Waals surface area contributed by atoms with E-state index in [9.17, 15) is 0 Å². The van der Waals surface area contributed by atoms with Crippen LogP contribution < -0.4 is 0 Å². The van der Waals surface area contributed by atoms with Gasteiger partial charge in [-0.25, -0.2) is 0 Å². The molecule has 12 heavy (non-hydrogen) atoms. The van der Waals surface area contributed by atoms with Gasteiger partial charge in [-0.1, -0.05) is 13.8 Å². The first-order valence-corrected chi connectivity index (χ1v) is 4.71. The van der Waals surface area contributed by atoms with Gasteiger partial charge in [-0.05, 0) is 17.4 Å². The van der Waals surface area contributed by atoms with Crippen LogP contribution in [0.3, 0.4) is 0 Å². The molecule has 0 unspecified atom stereocenters. The van der Waals surface area contributed by atoms with Gasteiger partial charge in [0.25, 0.3) is 0 Å². The molecule has 0 spiro atoms. The van der Waals surface area contributed by atoms with Crippen LogP contribution in [-0.2, 0) is 0 Å². The molecule has 1 aromatic heterocycles. The SMILES string of the molecule is CC(C)C(=N)c1sccc1C=N. The lowest BCUT2D eigenvalue weighted by Crippen LogP contribution is -2.07. The topological polar surface area (TPSA) is 47.7 Å². The molecule has 3 heteroatoms. The zero-order chi connectivity index (χ0) is 9.14. The van der Waals surface area contributed by atoms with E-state index in [2.05, 4.69) is 0 Å². The van der Waals surface area contributed by atoms with Crippen LogP contribution in [-0.4, -0.2) is 11.9 Å². The summed E-state index contributed by atoms with van der Waals surface area (Å²) in [6, 6.07) is 1.88. The molecule has 0 bridgehead atoms. The monoisotopic (exact) mass is 180 g/mol. The summed E-state index contributed by atoms with van der Waals surface area (Å²) < 4.78 is 0. The lowest BCUT2D eigenvalue weighted by atomic mass is 10.0. The van der Waals surface area contributed by atoms with Gasteiger partial charge < -0.3 is 10.8 Å². The van der Waals surface area contributed by atoms with Crippen molar-refractivity contribution >= 4 is 23.3 Å². The Bertz CT molecular complexity index is 299. The van der Waals surface area contributed by atoms with E-state index in [4.69, 9.17) is 10.8 Å². The summed E-state index contributed by atoms with van der Waals surface area (Å²) in [5.41, 5.74) is 1.49. The largest absolute Gasteiger partial charge is 0.308 e. The fourth-order valence-electron chi connectivity index (χ4n) is 0.914. The van der Waals surface area contributed by atoms with Crippen molar-refractivity contribution in [3.05, 3.63) is 21.9 Å². The van der Waals surface area contributed by atoms with Crippen LogP contribution in [0.2, 0.25) is 0 Å². The maximum Gasteiger partial charge on any atom is 0.0568 e. The summed E-state index contributed by atoms with van der Waals surface area (Å²) in [4.78, 5) is 0.931. The van der Waals surface area contributed by atoms with E-state index in [1.54, 1.807) is 0 Å². The first-order valence-electron chi connectivity index (χ1n) is 3.83. The third-order valence-electron chi connectivity index (χ3n) is 1.67. The molecule has 1 rings (SSSR count). The molecule has 1 aromatic rings. The van der Waals surface area contributed by atoms with Crippen LogP contribution in [0.5, 0.6) is 0 Å². The molecule has 0 aliphatic carbocycles. The molecule has 0 atom stereocenters. The molecule has 0 aliphatic heterocycles. The van der Waals surface area contributed by atoms with Gasteiger partial charge in [-0.3, -0.25) is 0 Å². The predicted octanol–water partition coefficient (Wildman–Crippen LogP) is 2.77. The van der Waals surface area contributed by atoms with Gasteiger partial charge in [0.15, 0.2) is 0 Å². The molecular weight excluding hydrogens is 168 g/mol. The quantitative estimate of drug-likeness (QED) is 0.672. The normalized spacial score (nSPS) is 10.2. The number of rotatable bonds is 3. The highest BCUT2D eigenvalue weighted by Gasteiger charge is 2.10. The third-order valence-corrected chi connectivity index (χ3v) is 2.64. The van der Waals surface area contributed by atoms with Crippen molar-refractivity contribution in [2.75, 3.05) is 0 Å². The minimum absolute atomic E-state index is 0.238. The number of hydrogen-bond donors (Lipinski definition) is 2. The third kappa shape index (κ3) is 1.61. The maximum atomic E-state index is 7.75. The zero-order valence-electron chi connectivity index (χ0n) is 7.22. The first kappa shape index (κ1) is 9.13. The van der Waals surface area contributed by atoms with Gasteiger partial charge >= 0.3 is 0 Å². The predicted molar refractivity (Wildman–Crippen MR) is 53.9 cm³/mol. The highest BCUT2D eigenvalue weighted by Crippen LogP contribution is 2.18. The minimum Gasteiger partial charge on any atom is -0.308 e. The van der Waals surface area contributed by atoms with Crippen LogP contribution in [0.4, 0.5) is 0 Å². The molecule has 0 radical (unpaired) electrons. The van der Waals surface area contributed by atoms with Crippen molar-refractivity contribution in [3.63, 3.8) is 0 Å². The average Bonchev–Trinajstić information content (AvgIpc) is 2.49. The van der Waals surface area contributed by atoms with Gasteiger partial charge in [0.2, 0.25) is 0 Å². The Hall–Kier alpha value is -0.960. The van der Waals surface area contributed by atoms with Crippen LogP contribution in [0.1, 0.15) is 24.3 Å². The molecule has 1 heterocycles. The fraction of sp³-hybridized carbons (Fsp3) is 0.333. The fourth-order valence-corrected chi connectivity index (χ4v) is 1.89. The Balaban J connectivity index is 3.01. The van der Waals surface area contributed by atoms with Gasteiger partial charge in [0.1, 0.15) is 0 Å². The average molecular weight is 180 g/mol. The lowest BCUT2D eigenvalue weighted by molar-refractivity contribution is 0.880. The smallest absolute Gasteiger partial charge is 0.0568 e. The van der Waals surface area contributed by atoms with Crippen molar-refractivity contribution in [1.29, 1.82) is 10.8 Å². The second-order valence-corrected chi connectivity index (χ2v) is 3.83. The van der Waals surface area contributed by atoms with Gasteiger partial charge in [0.05, 0.1) is 10.6 Å². The number of nitrogens with one attached hydrogen (secondary N) is 2. The second-order valence-electron chi connectivity index (χ2n) is 2.92. The molecule has 2 N–H and O–H groups in total. The van der Waals surface area contributed by atoms with E-state index in [1.165, 1.54) is 17.6 Å². The van der Waals surface area contributed by atoms with Crippen molar-refractivity contribution in [1.82, 2.24) is 0 Å². The zero-order valence-corrected chi connectivity index (χ0v) is 8.03. The molecule has 0 saturated heterocycles. The maximum absolute atomic E-state index is 7.75. The number of thiophene rings is 1. The molecule has 0 saturated carbocycles. The van der Waals surface area contributed by atoms with Crippen molar-refractivity contribution < 1.29 is 0 Å². The molecule has 0 amide bonds. The van der Waals surface area contributed by atoms with Gasteiger partial charge in [0, 0.05) is 11.8 Å². The Morgan fingerprint density at radius 2 is 2.25 bits per heavy atom. The standard InChI is InChI=1S/C9H12N2S/c1-6(2)8(11)9-7(5-10)3-4-12-9/h3-6,10-11H,1-2H3. The van der Waals surface area contributed by atoms with E-state index < -0.39 is 0 Å². The molecule has 0 aromatic carbocycles. The first-order chi connectivity index (χ1) is 5.66. The van der Waals surface area contributed by atoms with Crippen molar-refractivity contribution in [2.45, 2.75) is 13.8 Å². The van der Waals surface area contributed by atoms with Gasteiger partial charge in [-0.2, -0.15) is 0 Å². The van der Waals surface area contributed by atoms with E-state index >= 15 is 0 Å². The Kier molecular flexibility index (Phi) is 2.76. The van der Waals surface area contributed by atoms with Crippen LogP contribution in [0.25, 0.3) is 0 Å². The summed E-state index contributed by atoms with van der Waals surface area (Å²) >= 11 is 1.53. The summed E-state index contributed by atoms with van der Waals surface area (Å²) in [6.45, 7) is 3.99. The summed E-state index contributed by atoms with van der Waals surface area (Å²) in [6.07, 6.45) is 1.31. The van der Waals surface area contributed by atoms with Crippen molar-refractivity contribution in [2.24, 2.45) is 5.92 Å². The Morgan fingerprint density at radius 1 is 1.58 bits per heavy atom. The van der Waals surface area contributed by atoms with E-state index in [1.807, 2.05) is 25.3 Å². The molecular formula is C9H12N2S. The van der Waals surface area contributed by atoms with Crippen LogP contribution in [0.15, 0.2) is 11.4 Å². The Morgan fingerprint density at radius 3 is 2.75 bits per heavy atom. The highest BCUT2D eigenvalue weighted by molar-refractivity contribution is 7.12. The van der Waals surface area contributed by atoms with Crippen molar-refractivity contribution in [3.8, 4) is 0 Å². The lowest BCUT2D eigenvalue weighted by Gasteiger charge is -2.05. The van der Waals surface area contributed by atoms with Crippen LogP contribution in [0, 0.1) is 16.7 Å². The minimum atomic E-state index is 0.238. The van der Waals surface area contributed by atoms with E-state index in [0.717, 1.165) is 10.4 Å². The van der Waals surface area contributed by atoms with Gasteiger partial charge in [-0.15, -0.1) is 11.3 Å². The molecule has 64 valence electrons. The number of hydrogen-bond acceptors (Lipinski definition) is 3. The summed E-state index contributed by atoms with van der Waals surface area (Å²) in [7, 11) is 0. The summed E-state index contributed by atoms with van der Waals surface area (Å²) in [5, 5.41) is 16.8.